The molecular formula is C21H27N3O4S. The topological polar surface area (TPSA) is 88.6 Å². The van der Waals surface area contributed by atoms with Gasteiger partial charge in [0.25, 0.3) is 0 Å². The predicted octanol–water partition coefficient (Wildman–Crippen LogP) is 2.94. The third-order valence-electron chi connectivity index (χ3n) is 4.27. The zero-order chi connectivity index (χ0) is 21.4. The van der Waals surface area contributed by atoms with Gasteiger partial charge in [-0.25, -0.2) is 9.78 Å². The van der Waals surface area contributed by atoms with E-state index in [0.29, 0.717) is 17.4 Å². The van der Waals surface area contributed by atoms with Gasteiger partial charge >= 0.3 is 5.97 Å². The molecule has 0 saturated carbocycles. The maximum absolute atomic E-state index is 12.5. The van der Waals surface area contributed by atoms with Gasteiger partial charge in [-0.2, -0.15) is 0 Å². The zero-order valence-corrected chi connectivity index (χ0v) is 18.0. The predicted molar refractivity (Wildman–Crippen MR) is 113 cm³/mol. The molecule has 0 aliphatic carbocycles. The van der Waals surface area contributed by atoms with Gasteiger partial charge in [0.1, 0.15) is 12.6 Å². The molecule has 8 heteroatoms. The number of hydrogen-bond acceptors (Lipinski definition) is 6. The van der Waals surface area contributed by atoms with Crippen LogP contribution < -0.4 is 10.2 Å². The van der Waals surface area contributed by atoms with Crippen molar-refractivity contribution in [2.45, 2.75) is 46.8 Å². The maximum Gasteiger partial charge on any atom is 0.329 e. The van der Waals surface area contributed by atoms with Crippen LogP contribution in [0.2, 0.25) is 0 Å². The van der Waals surface area contributed by atoms with Crippen LogP contribution in [-0.2, 0) is 32.1 Å². The Labute approximate surface area is 175 Å². The van der Waals surface area contributed by atoms with Gasteiger partial charge < -0.3 is 10.1 Å². The smallest absolute Gasteiger partial charge is 0.329 e. The molecule has 2 amide bonds. The molecule has 0 bridgehead atoms. The molecule has 0 saturated heterocycles. The number of nitrogens with zero attached hydrogens (tertiary/aromatic N) is 2. The lowest BCUT2D eigenvalue weighted by Crippen LogP contribution is -2.45. The van der Waals surface area contributed by atoms with Crippen molar-refractivity contribution in [3.8, 4) is 0 Å². The molecule has 2 rings (SSSR count). The van der Waals surface area contributed by atoms with E-state index >= 15 is 0 Å². The number of thiazole rings is 1. The van der Waals surface area contributed by atoms with Crippen LogP contribution in [0.4, 0.5) is 5.13 Å². The maximum atomic E-state index is 12.5. The van der Waals surface area contributed by atoms with Gasteiger partial charge in [-0.3, -0.25) is 14.5 Å². The molecule has 1 aromatic heterocycles. The highest BCUT2D eigenvalue weighted by molar-refractivity contribution is 7.14. The summed E-state index contributed by atoms with van der Waals surface area (Å²) < 4.78 is 5.38. The molecule has 2 aromatic rings. The van der Waals surface area contributed by atoms with Crippen LogP contribution in [0.1, 0.15) is 39.0 Å². The van der Waals surface area contributed by atoms with Crippen LogP contribution in [0.25, 0.3) is 0 Å². The van der Waals surface area contributed by atoms with E-state index < -0.39 is 12.0 Å². The number of nitrogens with one attached hydrogen (secondary N) is 1. The molecular weight excluding hydrogens is 390 g/mol. The van der Waals surface area contributed by atoms with Gasteiger partial charge in [0, 0.05) is 18.8 Å². The first-order valence-corrected chi connectivity index (χ1v) is 10.4. The fraction of sp³-hybridized carbons (Fsp3) is 0.429. The van der Waals surface area contributed by atoms with Crippen molar-refractivity contribution in [3.63, 3.8) is 0 Å². The van der Waals surface area contributed by atoms with Gasteiger partial charge in [-0.1, -0.05) is 44.2 Å². The molecule has 156 valence electrons. The number of esters is 1. The minimum absolute atomic E-state index is 0.0113. The summed E-state index contributed by atoms with van der Waals surface area (Å²) in [4.78, 5) is 42.4. The van der Waals surface area contributed by atoms with E-state index in [2.05, 4.69) is 10.3 Å². The summed E-state index contributed by atoms with van der Waals surface area (Å²) >= 11 is 1.32. The van der Waals surface area contributed by atoms with Crippen molar-refractivity contribution < 1.29 is 19.1 Å². The molecule has 1 aromatic carbocycles. The van der Waals surface area contributed by atoms with Crippen LogP contribution in [0.5, 0.6) is 0 Å². The Hall–Kier alpha value is -2.74. The van der Waals surface area contributed by atoms with Crippen LogP contribution >= 0.6 is 11.3 Å². The van der Waals surface area contributed by atoms with Gasteiger partial charge in [-0.05, 0) is 18.4 Å². The summed E-state index contributed by atoms with van der Waals surface area (Å²) in [5, 5.41) is 5.09. The standard InChI is InChI=1S/C21H27N3O4S/c1-5-24(15(4)25)21-22-17(13-29-21)12-28-20(27)19(14(2)3)23-18(26)11-16-9-7-6-8-10-16/h6-10,13-14,19H,5,11-12H2,1-4H3,(H,23,26). The summed E-state index contributed by atoms with van der Waals surface area (Å²) in [6.07, 6.45) is 0.199. The van der Waals surface area contributed by atoms with Crippen LogP contribution in [0, 0.1) is 5.92 Å². The van der Waals surface area contributed by atoms with Crippen LogP contribution in [0.15, 0.2) is 35.7 Å². The first kappa shape index (κ1) is 22.5. The first-order valence-electron chi connectivity index (χ1n) is 9.54. The molecule has 0 aliphatic heterocycles. The minimum atomic E-state index is -0.742. The molecule has 0 spiro atoms. The van der Waals surface area contributed by atoms with Crippen molar-refractivity contribution in [1.82, 2.24) is 10.3 Å². The summed E-state index contributed by atoms with van der Waals surface area (Å²) in [7, 11) is 0. The van der Waals surface area contributed by atoms with E-state index in [1.165, 1.54) is 18.3 Å². The number of benzene rings is 1. The molecule has 1 atom stereocenters. The fourth-order valence-corrected chi connectivity index (χ4v) is 3.63. The molecule has 1 heterocycles. The number of amides is 2. The number of rotatable bonds is 9. The van der Waals surface area contributed by atoms with Gasteiger partial charge in [-0.15, -0.1) is 11.3 Å². The third kappa shape index (κ3) is 6.67. The van der Waals surface area contributed by atoms with E-state index in [1.54, 1.807) is 10.3 Å². The van der Waals surface area contributed by atoms with Gasteiger partial charge in [0.05, 0.1) is 12.1 Å². The van der Waals surface area contributed by atoms with E-state index in [4.69, 9.17) is 4.74 Å². The van der Waals surface area contributed by atoms with E-state index in [0.717, 1.165) is 5.56 Å². The average Bonchev–Trinajstić information content (AvgIpc) is 3.13. The Bertz CT molecular complexity index is 835. The lowest BCUT2D eigenvalue weighted by Gasteiger charge is -2.20. The Morgan fingerprint density at radius 1 is 1.21 bits per heavy atom. The van der Waals surface area contributed by atoms with Gasteiger partial charge in [0.15, 0.2) is 5.13 Å². The lowest BCUT2D eigenvalue weighted by atomic mass is 10.0. The quantitative estimate of drug-likeness (QED) is 0.634. The Morgan fingerprint density at radius 2 is 1.90 bits per heavy atom. The van der Waals surface area contributed by atoms with E-state index in [-0.39, 0.29) is 30.8 Å². The van der Waals surface area contributed by atoms with Crippen LogP contribution in [-0.4, -0.2) is 35.4 Å². The SMILES string of the molecule is CCN(C(C)=O)c1nc(COC(=O)C(NC(=O)Cc2ccccc2)C(C)C)cs1. The summed E-state index contributed by atoms with van der Waals surface area (Å²) in [6, 6.07) is 8.60. The summed E-state index contributed by atoms with van der Waals surface area (Å²) in [5.41, 5.74) is 1.44. The largest absolute Gasteiger partial charge is 0.458 e. The highest BCUT2D eigenvalue weighted by atomic mass is 32.1. The number of carbonyl (C=O) groups is 3. The Kier molecular flexibility index (Phi) is 8.33. The summed E-state index contributed by atoms with van der Waals surface area (Å²) in [6.45, 7) is 7.56. The Morgan fingerprint density at radius 3 is 2.48 bits per heavy atom. The lowest BCUT2D eigenvalue weighted by molar-refractivity contribution is -0.150. The number of aromatic nitrogens is 1. The van der Waals surface area contributed by atoms with E-state index in [1.807, 2.05) is 51.1 Å². The molecule has 0 radical (unpaired) electrons. The van der Waals surface area contributed by atoms with E-state index in [9.17, 15) is 14.4 Å². The number of anilines is 1. The second-order valence-corrected chi connectivity index (χ2v) is 7.78. The summed E-state index contributed by atoms with van der Waals surface area (Å²) in [5.74, 6) is -0.953. The Balaban J connectivity index is 1.93. The minimum Gasteiger partial charge on any atom is -0.458 e. The molecule has 29 heavy (non-hydrogen) atoms. The van der Waals surface area contributed by atoms with Crippen molar-refractivity contribution in [1.29, 1.82) is 0 Å². The number of hydrogen-bond donors (Lipinski definition) is 1. The second-order valence-electron chi connectivity index (χ2n) is 6.94. The molecule has 0 aliphatic rings. The highest BCUT2D eigenvalue weighted by Crippen LogP contribution is 2.21. The second kappa shape index (κ2) is 10.7. The highest BCUT2D eigenvalue weighted by Gasteiger charge is 2.26. The normalized spacial score (nSPS) is 11.8. The fourth-order valence-electron chi connectivity index (χ4n) is 2.72. The van der Waals surface area contributed by atoms with Crippen molar-refractivity contribution in [3.05, 3.63) is 47.0 Å². The molecule has 1 unspecified atom stereocenters. The van der Waals surface area contributed by atoms with Crippen LogP contribution in [0.3, 0.4) is 0 Å². The average molecular weight is 418 g/mol. The van der Waals surface area contributed by atoms with Crippen molar-refractivity contribution >= 4 is 34.3 Å². The number of carbonyl (C=O) groups excluding carboxylic acids is 3. The first-order chi connectivity index (χ1) is 13.8. The van der Waals surface area contributed by atoms with Crippen molar-refractivity contribution in [2.75, 3.05) is 11.4 Å². The zero-order valence-electron chi connectivity index (χ0n) is 17.2. The van der Waals surface area contributed by atoms with Gasteiger partial charge in [0.2, 0.25) is 11.8 Å². The number of ether oxygens (including phenoxy) is 1. The monoisotopic (exact) mass is 417 g/mol. The molecule has 1 N–H and O–H groups in total. The third-order valence-corrected chi connectivity index (χ3v) is 5.19. The molecule has 7 nitrogen and oxygen atoms in total. The molecule has 0 fully saturated rings. The van der Waals surface area contributed by atoms with Crippen molar-refractivity contribution in [2.24, 2.45) is 5.92 Å².